The second-order valence-electron chi connectivity index (χ2n) is 6.93. The average molecular weight is 455 g/mol. The van der Waals surface area contributed by atoms with Gasteiger partial charge < -0.3 is 19.6 Å². The maximum Gasteiger partial charge on any atom is 0.259 e. The van der Waals surface area contributed by atoms with E-state index in [-0.39, 0.29) is 11.5 Å². The predicted octanol–water partition coefficient (Wildman–Crippen LogP) is 2.80. The van der Waals surface area contributed by atoms with Crippen LogP contribution in [-0.4, -0.2) is 70.9 Å². The third-order valence-electron chi connectivity index (χ3n) is 4.00. The number of aromatic nitrogens is 2. The van der Waals surface area contributed by atoms with Crippen LogP contribution in [0.3, 0.4) is 0 Å². The standard InChI is InChI=1S/C19H30N6O3S2/c1-15-18(23-14-22-15)13-30-9-7-21-19(11-25(26)27)20-6-8-29-12-17-5-4-16(28-17)10-24(2)3/h4-5,14H,6-13H2,1-3H3,(H,20,21)(H,22,23). The Kier molecular flexibility index (Phi) is 10.8. The Balaban J connectivity index is 1.65. The monoisotopic (exact) mass is 454 g/mol. The smallest absolute Gasteiger partial charge is 0.259 e. The topological polar surface area (TPSA) is 113 Å². The van der Waals surface area contributed by atoms with E-state index < -0.39 is 0 Å². The van der Waals surface area contributed by atoms with Crippen molar-refractivity contribution >= 4 is 29.4 Å². The molecule has 0 fully saturated rings. The van der Waals surface area contributed by atoms with Crippen LogP contribution < -0.4 is 5.32 Å². The van der Waals surface area contributed by atoms with Crippen LogP contribution in [0.4, 0.5) is 0 Å². The number of imidazole rings is 1. The number of rotatable bonds is 14. The molecule has 2 rings (SSSR count). The van der Waals surface area contributed by atoms with E-state index in [0.717, 1.165) is 52.5 Å². The zero-order valence-electron chi connectivity index (χ0n) is 17.7. The SMILES string of the molecule is Cc1[nH]cnc1CSCCNC(C[N+](=O)[O-])=NCCSCc1ccc(CN(C)C)o1. The van der Waals surface area contributed by atoms with E-state index in [0.29, 0.717) is 18.9 Å². The highest BCUT2D eigenvalue weighted by Crippen LogP contribution is 2.16. The van der Waals surface area contributed by atoms with E-state index >= 15 is 0 Å². The number of furan rings is 1. The van der Waals surface area contributed by atoms with Crippen LogP contribution in [0.2, 0.25) is 0 Å². The molecular formula is C19H30N6O3S2. The highest BCUT2D eigenvalue weighted by molar-refractivity contribution is 7.98. The maximum absolute atomic E-state index is 10.9. The first-order valence-corrected chi connectivity index (χ1v) is 12.0. The lowest BCUT2D eigenvalue weighted by Gasteiger charge is -2.07. The molecule has 9 nitrogen and oxygen atoms in total. The van der Waals surface area contributed by atoms with Crippen molar-refractivity contribution in [3.8, 4) is 0 Å². The summed E-state index contributed by atoms with van der Waals surface area (Å²) in [5.41, 5.74) is 2.12. The number of H-pyrrole nitrogens is 1. The summed E-state index contributed by atoms with van der Waals surface area (Å²) in [4.78, 5) is 24.3. The van der Waals surface area contributed by atoms with Crippen molar-refractivity contribution < 1.29 is 9.34 Å². The summed E-state index contributed by atoms with van der Waals surface area (Å²) < 4.78 is 5.78. The zero-order chi connectivity index (χ0) is 21.8. The van der Waals surface area contributed by atoms with Crippen molar-refractivity contribution in [2.75, 3.05) is 45.2 Å². The molecule has 0 aliphatic carbocycles. The molecule has 2 aromatic heterocycles. The minimum atomic E-state index is -0.353. The number of aliphatic imine (C=N–C) groups is 1. The summed E-state index contributed by atoms with van der Waals surface area (Å²) >= 11 is 3.44. The van der Waals surface area contributed by atoms with Gasteiger partial charge in [0.2, 0.25) is 0 Å². The van der Waals surface area contributed by atoms with Crippen molar-refractivity contribution in [2.24, 2.45) is 4.99 Å². The molecule has 0 spiro atoms. The number of amidine groups is 1. The number of aromatic amines is 1. The Morgan fingerprint density at radius 3 is 2.77 bits per heavy atom. The fraction of sp³-hybridized carbons (Fsp3) is 0.579. The Labute approximate surface area is 185 Å². The molecule has 11 heteroatoms. The molecule has 2 aromatic rings. The van der Waals surface area contributed by atoms with Gasteiger partial charge in [-0.25, -0.2) is 4.98 Å². The van der Waals surface area contributed by atoms with Crippen molar-refractivity contribution in [1.29, 1.82) is 0 Å². The van der Waals surface area contributed by atoms with E-state index in [1.165, 1.54) is 0 Å². The molecular weight excluding hydrogens is 424 g/mol. The second-order valence-corrected chi connectivity index (χ2v) is 9.14. The van der Waals surface area contributed by atoms with E-state index in [2.05, 4.69) is 25.2 Å². The summed E-state index contributed by atoms with van der Waals surface area (Å²) in [6, 6.07) is 4.00. The van der Waals surface area contributed by atoms with Crippen LogP contribution in [0.25, 0.3) is 0 Å². The summed E-state index contributed by atoms with van der Waals surface area (Å²) in [6.45, 7) is 3.67. The van der Waals surface area contributed by atoms with E-state index in [9.17, 15) is 10.1 Å². The average Bonchev–Trinajstić information content (AvgIpc) is 3.28. The lowest BCUT2D eigenvalue weighted by Crippen LogP contribution is -2.32. The molecule has 0 aliphatic heterocycles. The predicted molar refractivity (Wildman–Crippen MR) is 124 cm³/mol. The van der Waals surface area contributed by atoms with Gasteiger partial charge in [0.25, 0.3) is 6.54 Å². The lowest BCUT2D eigenvalue weighted by atomic mass is 10.4. The van der Waals surface area contributed by atoms with Gasteiger partial charge in [-0.15, -0.1) is 0 Å². The molecule has 0 radical (unpaired) electrons. The number of thioether (sulfide) groups is 2. The lowest BCUT2D eigenvalue weighted by molar-refractivity contribution is -0.463. The highest BCUT2D eigenvalue weighted by atomic mass is 32.2. The number of aryl methyl sites for hydroxylation is 1. The molecule has 0 aliphatic rings. The van der Waals surface area contributed by atoms with Gasteiger partial charge in [0, 0.05) is 34.4 Å². The van der Waals surface area contributed by atoms with Crippen LogP contribution in [0.15, 0.2) is 27.9 Å². The molecule has 0 unspecified atom stereocenters. The number of hydrogen-bond donors (Lipinski definition) is 2. The van der Waals surface area contributed by atoms with Crippen LogP contribution in [0.1, 0.15) is 22.9 Å². The summed E-state index contributed by atoms with van der Waals surface area (Å²) in [7, 11) is 4.01. The molecule has 0 aromatic carbocycles. The Morgan fingerprint density at radius 1 is 1.30 bits per heavy atom. The van der Waals surface area contributed by atoms with Crippen molar-refractivity contribution in [3.05, 3.63) is 51.5 Å². The molecule has 0 atom stereocenters. The molecule has 0 saturated carbocycles. The summed E-state index contributed by atoms with van der Waals surface area (Å²) in [6.07, 6.45) is 1.69. The van der Waals surface area contributed by atoms with E-state index in [1.54, 1.807) is 29.9 Å². The molecule has 0 bridgehead atoms. The third-order valence-corrected chi connectivity index (χ3v) is 5.93. The Morgan fingerprint density at radius 2 is 2.07 bits per heavy atom. The van der Waals surface area contributed by atoms with Gasteiger partial charge in [0.15, 0.2) is 5.84 Å². The zero-order valence-corrected chi connectivity index (χ0v) is 19.4. The largest absolute Gasteiger partial charge is 0.464 e. The van der Waals surface area contributed by atoms with Gasteiger partial charge in [-0.2, -0.15) is 23.5 Å². The summed E-state index contributed by atoms with van der Waals surface area (Å²) in [5, 5.41) is 14.0. The van der Waals surface area contributed by atoms with Gasteiger partial charge in [-0.3, -0.25) is 15.1 Å². The van der Waals surface area contributed by atoms with Crippen LogP contribution in [0.5, 0.6) is 0 Å². The first-order valence-electron chi connectivity index (χ1n) is 9.69. The fourth-order valence-electron chi connectivity index (χ4n) is 2.57. The quantitative estimate of drug-likeness (QED) is 0.147. The van der Waals surface area contributed by atoms with Crippen LogP contribution >= 0.6 is 23.5 Å². The molecule has 30 heavy (non-hydrogen) atoms. The highest BCUT2D eigenvalue weighted by Gasteiger charge is 2.08. The van der Waals surface area contributed by atoms with Gasteiger partial charge in [0.05, 0.1) is 30.9 Å². The van der Waals surface area contributed by atoms with E-state index in [4.69, 9.17) is 4.42 Å². The van der Waals surface area contributed by atoms with E-state index in [1.807, 2.05) is 33.2 Å². The number of nitrogens with zero attached hydrogens (tertiary/aromatic N) is 4. The van der Waals surface area contributed by atoms with Gasteiger partial charge >= 0.3 is 0 Å². The fourth-order valence-corrected chi connectivity index (χ4v) is 4.16. The number of hydrogen-bond acceptors (Lipinski definition) is 8. The first kappa shape index (κ1) is 24.3. The van der Waals surface area contributed by atoms with Crippen LogP contribution in [0, 0.1) is 17.0 Å². The van der Waals surface area contributed by atoms with Crippen LogP contribution in [-0.2, 0) is 18.1 Å². The minimum Gasteiger partial charge on any atom is -0.464 e. The molecule has 2 heterocycles. The minimum absolute atomic E-state index is 0.278. The molecule has 166 valence electrons. The van der Waals surface area contributed by atoms with Crippen molar-refractivity contribution in [3.63, 3.8) is 0 Å². The Bertz CT molecular complexity index is 806. The summed E-state index contributed by atoms with van der Waals surface area (Å²) in [5.74, 6) is 5.51. The van der Waals surface area contributed by atoms with Crippen molar-refractivity contribution in [2.45, 2.75) is 25.0 Å². The first-order chi connectivity index (χ1) is 14.4. The van der Waals surface area contributed by atoms with Gasteiger partial charge in [-0.1, -0.05) is 0 Å². The second kappa shape index (κ2) is 13.3. The third kappa shape index (κ3) is 9.68. The number of nitro groups is 1. The Hall–Kier alpha value is -1.98. The molecule has 0 saturated heterocycles. The normalized spacial score (nSPS) is 11.9. The van der Waals surface area contributed by atoms with Crippen molar-refractivity contribution in [1.82, 2.24) is 20.2 Å². The van der Waals surface area contributed by atoms with Gasteiger partial charge in [0.1, 0.15) is 11.5 Å². The van der Waals surface area contributed by atoms with Gasteiger partial charge in [-0.05, 0) is 33.2 Å². The number of nitrogens with one attached hydrogen (secondary N) is 2. The molecule has 0 amide bonds. The maximum atomic E-state index is 10.9. The molecule has 2 N–H and O–H groups in total.